The van der Waals surface area contributed by atoms with Crippen LogP contribution in [0.3, 0.4) is 0 Å². The van der Waals surface area contributed by atoms with Crippen LogP contribution >= 0.6 is 0 Å². The van der Waals surface area contributed by atoms with Gasteiger partial charge in [-0.15, -0.1) is 0 Å². The first-order valence-electron chi connectivity index (χ1n) is 6.45. The van der Waals surface area contributed by atoms with Crippen LogP contribution in [0.4, 0.5) is 0 Å². The van der Waals surface area contributed by atoms with Crippen molar-refractivity contribution in [1.29, 1.82) is 0 Å². The van der Waals surface area contributed by atoms with Crippen LogP contribution in [-0.2, 0) is 18.4 Å². The molecular weight excluding hydrogens is 228 g/mol. The number of likely N-dealkylation sites (tertiary alicyclic amines) is 1. The average molecular weight is 250 g/mol. The first-order valence-corrected chi connectivity index (χ1v) is 6.45. The molecule has 0 aromatic carbocycles. The van der Waals surface area contributed by atoms with Crippen molar-refractivity contribution in [1.82, 2.24) is 20.0 Å². The summed E-state index contributed by atoms with van der Waals surface area (Å²) >= 11 is 0. The molecule has 1 fully saturated rings. The Morgan fingerprint density at radius 2 is 2.39 bits per heavy atom. The summed E-state index contributed by atoms with van der Waals surface area (Å²) in [6.45, 7) is 4.81. The molecule has 1 N–H and O–H groups in total. The molecule has 0 aliphatic carbocycles. The van der Waals surface area contributed by atoms with E-state index in [0.29, 0.717) is 0 Å². The molecule has 5 nitrogen and oxygen atoms in total. The van der Waals surface area contributed by atoms with Gasteiger partial charge in [0.15, 0.2) is 0 Å². The summed E-state index contributed by atoms with van der Waals surface area (Å²) in [4.78, 5) is 14.3. The van der Waals surface area contributed by atoms with E-state index >= 15 is 0 Å². The van der Waals surface area contributed by atoms with Crippen LogP contribution in [0.15, 0.2) is 12.4 Å². The molecule has 0 unspecified atom stereocenters. The molecule has 1 aromatic heterocycles. The first kappa shape index (κ1) is 13.1. The highest BCUT2D eigenvalue weighted by atomic mass is 16.2. The minimum atomic E-state index is -0.255. The maximum Gasteiger partial charge on any atom is 0.226 e. The van der Waals surface area contributed by atoms with Crippen molar-refractivity contribution < 1.29 is 4.79 Å². The molecule has 5 heteroatoms. The highest BCUT2D eigenvalue weighted by molar-refractivity contribution is 5.82. The van der Waals surface area contributed by atoms with Gasteiger partial charge in [-0.25, -0.2) is 0 Å². The van der Waals surface area contributed by atoms with Gasteiger partial charge in [0, 0.05) is 38.9 Å². The standard InChI is InChI=1S/C13H22N4O/c1-13(12(18)14-2)5-4-6-17(10-13)9-11-7-15-16(3)8-11/h7-8H,4-6,9-10H2,1-3H3,(H,14,18)/t13-/m1/s1. The molecule has 0 radical (unpaired) electrons. The van der Waals surface area contributed by atoms with Crippen LogP contribution in [0.5, 0.6) is 0 Å². The Morgan fingerprint density at radius 1 is 1.61 bits per heavy atom. The Balaban J connectivity index is 2.00. The van der Waals surface area contributed by atoms with E-state index in [4.69, 9.17) is 0 Å². The van der Waals surface area contributed by atoms with E-state index in [-0.39, 0.29) is 11.3 Å². The molecule has 1 aliphatic heterocycles. The number of hydrogen-bond acceptors (Lipinski definition) is 3. The van der Waals surface area contributed by atoms with Gasteiger partial charge in [0.2, 0.25) is 5.91 Å². The van der Waals surface area contributed by atoms with Crippen LogP contribution in [0, 0.1) is 5.41 Å². The number of carbonyl (C=O) groups is 1. The van der Waals surface area contributed by atoms with E-state index in [1.54, 1.807) is 7.05 Å². The topological polar surface area (TPSA) is 50.2 Å². The summed E-state index contributed by atoms with van der Waals surface area (Å²) in [5, 5.41) is 6.96. The summed E-state index contributed by atoms with van der Waals surface area (Å²) in [5.41, 5.74) is 0.952. The van der Waals surface area contributed by atoms with E-state index in [2.05, 4.69) is 22.2 Å². The third kappa shape index (κ3) is 2.72. The predicted molar refractivity (Wildman–Crippen MR) is 69.9 cm³/mol. The minimum Gasteiger partial charge on any atom is -0.359 e. The lowest BCUT2D eigenvalue weighted by molar-refractivity contribution is -0.132. The van der Waals surface area contributed by atoms with Gasteiger partial charge in [-0.05, 0) is 26.3 Å². The quantitative estimate of drug-likeness (QED) is 0.862. The summed E-state index contributed by atoms with van der Waals surface area (Å²) in [6.07, 6.45) is 5.97. The first-order chi connectivity index (χ1) is 8.53. The van der Waals surface area contributed by atoms with Crippen molar-refractivity contribution >= 4 is 5.91 Å². The molecule has 2 heterocycles. The fourth-order valence-electron chi connectivity index (χ4n) is 2.78. The fraction of sp³-hybridized carbons (Fsp3) is 0.692. The molecule has 2 rings (SSSR count). The summed E-state index contributed by atoms with van der Waals surface area (Å²) in [7, 11) is 3.64. The number of carbonyl (C=O) groups excluding carboxylic acids is 1. The third-order valence-electron chi connectivity index (χ3n) is 3.72. The van der Waals surface area contributed by atoms with Gasteiger partial charge in [0.1, 0.15) is 0 Å². The van der Waals surface area contributed by atoms with Crippen LogP contribution in [-0.4, -0.2) is 40.7 Å². The highest BCUT2D eigenvalue weighted by Crippen LogP contribution is 2.30. The van der Waals surface area contributed by atoms with Crippen molar-refractivity contribution in [3.8, 4) is 0 Å². The Labute approximate surface area is 108 Å². The van der Waals surface area contributed by atoms with Crippen molar-refractivity contribution in [3.63, 3.8) is 0 Å². The Kier molecular flexibility index (Phi) is 3.71. The molecule has 100 valence electrons. The van der Waals surface area contributed by atoms with Crippen LogP contribution in [0.2, 0.25) is 0 Å². The molecule has 1 atom stereocenters. The van der Waals surface area contributed by atoms with Gasteiger partial charge < -0.3 is 5.32 Å². The lowest BCUT2D eigenvalue weighted by Crippen LogP contribution is -2.49. The van der Waals surface area contributed by atoms with E-state index < -0.39 is 0 Å². The van der Waals surface area contributed by atoms with Crippen molar-refractivity contribution in [3.05, 3.63) is 18.0 Å². The largest absolute Gasteiger partial charge is 0.359 e. The second kappa shape index (κ2) is 5.10. The second-order valence-electron chi connectivity index (χ2n) is 5.48. The van der Waals surface area contributed by atoms with Crippen molar-refractivity contribution in [2.45, 2.75) is 26.3 Å². The van der Waals surface area contributed by atoms with Gasteiger partial charge in [-0.2, -0.15) is 5.10 Å². The molecule has 0 spiro atoms. The number of aromatic nitrogens is 2. The molecular formula is C13H22N4O. The van der Waals surface area contributed by atoms with E-state index in [1.165, 1.54) is 5.56 Å². The molecule has 1 saturated heterocycles. The number of rotatable bonds is 3. The van der Waals surface area contributed by atoms with Gasteiger partial charge in [-0.1, -0.05) is 0 Å². The zero-order valence-electron chi connectivity index (χ0n) is 11.4. The molecule has 18 heavy (non-hydrogen) atoms. The number of hydrogen-bond donors (Lipinski definition) is 1. The van der Waals surface area contributed by atoms with E-state index in [9.17, 15) is 4.79 Å². The smallest absolute Gasteiger partial charge is 0.226 e. The maximum absolute atomic E-state index is 11.9. The SMILES string of the molecule is CNC(=O)[C@]1(C)CCCN(Cc2cnn(C)c2)C1. The highest BCUT2D eigenvalue weighted by Gasteiger charge is 2.37. The summed E-state index contributed by atoms with van der Waals surface area (Å²) < 4.78 is 1.82. The molecule has 1 amide bonds. The molecule has 1 aromatic rings. The Bertz CT molecular complexity index is 428. The zero-order valence-corrected chi connectivity index (χ0v) is 11.4. The van der Waals surface area contributed by atoms with Crippen LogP contribution < -0.4 is 5.32 Å². The maximum atomic E-state index is 11.9. The van der Waals surface area contributed by atoms with Crippen molar-refractivity contribution in [2.75, 3.05) is 20.1 Å². The monoisotopic (exact) mass is 250 g/mol. The number of nitrogens with one attached hydrogen (secondary N) is 1. The van der Waals surface area contributed by atoms with Gasteiger partial charge >= 0.3 is 0 Å². The molecule has 1 aliphatic rings. The van der Waals surface area contributed by atoms with Crippen LogP contribution in [0.25, 0.3) is 0 Å². The minimum absolute atomic E-state index is 0.151. The number of amides is 1. The van der Waals surface area contributed by atoms with E-state index in [1.807, 2.05) is 24.1 Å². The number of aryl methyl sites for hydroxylation is 1. The van der Waals surface area contributed by atoms with Gasteiger partial charge in [0.05, 0.1) is 11.6 Å². The lowest BCUT2D eigenvalue weighted by Gasteiger charge is -2.38. The Morgan fingerprint density at radius 3 is 3.00 bits per heavy atom. The summed E-state index contributed by atoms with van der Waals surface area (Å²) in [6, 6.07) is 0. The average Bonchev–Trinajstić information content (AvgIpc) is 2.73. The summed E-state index contributed by atoms with van der Waals surface area (Å²) in [5.74, 6) is 0.151. The van der Waals surface area contributed by atoms with Crippen LogP contribution in [0.1, 0.15) is 25.3 Å². The number of nitrogens with zero attached hydrogens (tertiary/aromatic N) is 3. The molecule has 0 bridgehead atoms. The van der Waals surface area contributed by atoms with Crippen molar-refractivity contribution in [2.24, 2.45) is 12.5 Å². The fourth-order valence-corrected chi connectivity index (χ4v) is 2.78. The zero-order chi connectivity index (χ0) is 13.2. The normalized spacial score (nSPS) is 25.1. The lowest BCUT2D eigenvalue weighted by atomic mass is 9.81. The second-order valence-corrected chi connectivity index (χ2v) is 5.48. The molecule has 0 saturated carbocycles. The third-order valence-corrected chi connectivity index (χ3v) is 3.72. The van der Waals surface area contributed by atoms with Gasteiger partial charge in [-0.3, -0.25) is 14.4 Å². The predicted octanol–water partition coefficient (Wildman–Crippen LogP) is 0.768. The van der Waals surface area contributed by atoms with Gasteiger partial charge in [0.25, 0.3) is 0 Å². The Hall–Kier alpha value is -1.36. The number of piperidine rings is 1. The van der Waals surface area contributed by atoms with E-state index in [0.717, 1.165) is 32.5 Å².